The van der Waals surface area contributed by atoms with Gasteiger partial charge in [-0.3, -0.25) is 9.89 Å². The van der Waals surface area contributed by atoms with Crippen LogP contribution in [0.25, 0.3) is 0 Å². The summed E-state index contributed by atoms with van der Waals surface area (Å²) in [5.41, 5.74) is 4.29. The number of methoxy groups -OCH3 is 1. The molecule has 1 aromatic heterocycles. The highest BCUT2D eigenvalue weighted by atomic mass is 16.5. The molecular weight excluding hydrogens is 292 g/mol. The van der Waals surface area contributed by atoms with Crippen molar-refractivity contribution >= 4 is 11.6 Å². The maximum absolute atomic E-state index is 12.0. The normalized spacial score (nSPS) is 13.7. The molecule has 0 aliphatic carbocycles. The van der Waals surface area contributed by atoms with Gasteiger partial charge in [0.2, 0.25) is 0 Å². The van der Waals surface area contributed by atoms with Crippen LogP contribution < -0.4 is 10.2 Å². The number of carbonyl (C=O) groups is 1. The fraction of sp³-hybridized carbons (Fsp3) is 0.412. The number of anilines is 1. The Bertz CT molecular complexity index is 655. The summed E-state index contributed by atoms with van der Waals surface area (Å²) >= 11 is 0. The lowest BCUT2D eigenvalue weighted by molar-refractivity contribution is 0.0951. The summed E-state index contributed by atoms with van der Waals surface area (Å²) in [6.07, 6.45) is 5.40. The molecule has 2 N–H and O–H groups in total. The monoisotopic (exact) mass is 314 g/mol. The van der Waals surface area contributed by atoms with Crippen molar-refractivity contribution < 1.29 is 9.53 Å². The number of H-pyrrole nitrogens is 1. The van der Waals surface area contributed by atoms with Gasteiger partial charge < -0.3 is 15.0 Å². The quantitative estimate of drug-likeness (QED) is 0.852. The molecule has 1 aliphatic rings. The first-order valence-corrected chi connectivity index (χ1v) is 7.90. The molecule has 1 aromatic carbocycles. The first-order chi connectivity index (χ1) is 11.3. The summed E-state index contributed by atoms with van der Waals surface area (Å²) in [5, 5.41) is 9.36. The van der Waals surface area contributed by atoms with E-state index in [1.54, 1.807) is 13.3 Å². The van der Waals surface area contributed by atoms with E-state index >= 15 is 0 Å². The Morgan fingerprint density at radius 2 is 2.39 bits per heavy atom. The van der Waals surface area contributed by atoms with Crippen molar-refractivity contribution in [3.63, 3.8) is 0 Å². The number of hydrogen-bond acceptors (Lipinski definition) is 4. The van der Waals surface area contributed by atoms with Crippen LogP contribution in [0.2, 0.25) is 0 Å². The number of ether oxygens (including phenoxy) is 1. The number of hydrogen-bond donors (Lipinski definition) is 2. The minimum Gasteiger partial charge on any atom is -0.383 e. The van der Waals surface area contributed by atoms with Crippen LogP contribution in [-0.2, 0) is 17.7 Å². The van der Waals surface area contributed by atoms with E-state index < -0.39 is 0 Å². The smallest absolute Gasteiger partial charge is 0.254 e. The summed E-state index contributed by atoms with van der Waals surface area (Å²) in [4.78, 5) is 14.3. The van der Waals surface area contributed by atoms with Gasteiger partial charge in [-0.15, -0.1) is 0 Å². The van der Waals surface area contributed by atoms with Crippen molar-refractivity contribution in [1.29, 1.82) is 0 Å². The number of rotatable bonds is 6. The van der Waals surface area contributed by atoms with Gasteiger partial charge in [0.15, 0.2) is 0 Å². The van der Waals surface area contributed by atoms with E-state index in [-0.39, 0.29) is 5.91 Å². The van der Waals surface area contributed by atoms with Crippen LogP contribution in [0.1, 0.15) is 27.9 Å². The number of aryl methyl sites for hydroxylation is 1. The third-order valence-corrected chi connectivity index (χ3v) is 4.14. The minimum atomic E-state index is -0.118. The molecule has 2 aromatic rings. The van der Waals surface area contributed by atoms with Crippen molar-refractivity contribution in [3.8, 4) is 0 Å². The van der Waals surface area contributed by atoms with Crippen molar-refractivity contribution in [3.05, 3.63) is 47.3 Å². The van der Waals surface area contributed by atoms with E-state index in [4.69, 9.17) is 4.74 Å². The fourth-order valence-electron chi connectivity index (χ4n) is 2.90. The molecule has 2 heterocycles. The summed E-state index contributed by atoms with van der Waals surface area (Å²) in [7, 11) is 1.73. The summed E-state index contributed by atoms with van der Waals surface area (Å²) in [6, 6.07) is 6.45. The van der Waals surface area contributed by atoms with Gasteiger partial charge in [0.25, 0.3) is 5.91 Å². The van der Waals surface area contributed by atoms with E-state index in [0.717, 1.165) is 31.7 Å². The lowest BCUT2D eigenvalue weighted by Gasteiger charge is -2.31. The molecule has 122 valence electrons. The largest absolute Gasteiger partial charge is 0.383 e. The van der Waals surface area contributed by atoms with Crippen LogP contribution in [-0.4, -0.2) is 42.9 Å². The molecule has 6 nitrogen and oxygen atoms in total. The van der Waals surface area contributed by atoms with Gasteiger partial charge in [-0.2, -0.15) is 5.10 Å². The van der Waals surface area contributed by atoms with Crippen LogP contribution in [0.15, 0.2) is 30.6 Å². The summed E-state index contributed by atoms with van der Waals surface area (Å²) in [6.45, 7) is 3.19. The number of fused-ring (bicyclic) bond motifs is 1. The lowest BCUT2D eigenvalue weighted by Crippen LogP contribution is -2.32. The molecule has 0 radical (unpaired) electrons. The van der Waals surface area contributed by atoms with Gasteiger partial charge >= 0.3 is 0 Å². The summed E-state index contributed by atoms with van der Waals surface area (Å²) in [5.74, 6) is -0.118. The second-order valence-corrected chi connectivity index (χ2v) is 5.72. The fourth-order valence-corrected chi connectivity index (χ4v) is 2.90. The van der Waals surface area contributed by atoms with E-state index in [1.807, 2.05) is 0 Å². The second kappa shape index (κ2) is 7.28. The molecule has 1 amide bonds. The van der Waals surface area contributed by atoms with Crippen LogP contribution >= 0.6 is 0 Å². The molecule has 0 fully saturated rings. The molecule has 0 saturated carbocycles. The third kappa shape index (κ3) is 3.71. The first-order valence-electron chi connectivity index (χ1n) is 7.90. The second-order valence-electron chi connectivity index (χ2n) is 5.72. The predicted molar refractivity (Wildman–Crippen MR) is 88.6 cm³/mol. The Hall–Kier alpha value is -2.34. The Kier molecular flexibility index (Phi) is 4.92. The zero-order valence-corrected chi connectivity index (χ0v) is 13.3. The van der Waals surface area contributed by atoms with Crippen LogP contribution in [0.4, 0.5) is 5.69 Å². The highest BCUT2D eigenvalue weighted by molar-refractivity contribution is 5.93. The minimum absolute atomic E-state index is 0.118. The molecule has 23 heavy (non-hydrogen) atoms. The molecule has 0 spiro atoms. The van der Waals surface area contributed by atoms with Gasteiger partial charge in [-0.05, 0) is 30.0 Å². The van der Waals surface area contributed by atoms with Crippen LogP contribution in [0.3, 0.4) is 0 Å². The Labute approximate surface area is 135 Å². The van der Waals surface area contributed by atoms with Gasteiger partial charge in [0.1, 0.15) is 0 Å². The van der Waals surface area contributed by atoms with Gasteiger partial charge in [-0.25, -0.2) is 0 Å². The molecule has 0 bridgehead atoms. The molecule has 0 unspecified atom stereocenters. The standard InChI is InChI=1S/C17H22N4O2/c1-23-8-7-21-6-2-3-14-5-4-13(9-16(14)21)10-18-17(22)15-11-19-20-12-15/h4-5,9,11-12H,2-3,6-8,10H2,1H3,(H,18,22)(H,19,20). The number of benzene rings is 1. The van der Waals surface area contributed by atoms with Gasteiger partial charge in [0, 0.05) is 38.6 Å². The van der Waals surface area contributed by atoms with E-state index in [0.29, 0.717) is 12.1 Å². The number of amides is 1. The predicted octanol–water partition coefficient (Wildman–Crippen LogP) is 1.74. The van der Waals surface area contributed by atoms with E-state index in [2.05, 4.69) is 38.6 Å². The highest BCUT2D eigenvalue weighted by Crippen LogP contribution is 2.28. The Balaban J connectivity index is 1.68. The maximum Gasteiger partial charge on any atom is 0.254 e. The average molecular weight is 314 g/mol. The van der Waals surface area contributed by atoms with Crippen molar-refractivity contribution in [2.75, 3.05) is 31.7 Å². The number of carbonyl (C=O) groups excluding carboxylic acids is 1. The van der Waals surface area contributed by atoms with Crippen molar-refractivity contribution in [1.82, 2.24) is 15.5 Å². The van der Waals surface area contributed by atoms with Crippen molar-refractivity contribution in [2.45, 2.75) is 19.4 Å². The first kappa shape index (κ1) is 15.6. The number of aromatic nitrogens is 2. The number of aromatic amines is 1. The Morgan fingerprint density at radius 3 is 3.17 bits per heavy atom. The molecule has 0 atom stereocenters. The topological polar surface area (TPSA) is 70.2 Å². The maximum atomic E-state index is 12.0. The Morgan fingerprint density at radius 1 is 1.48 bits per heavy atom. The molecule has 3 rings (SSSR count). The molecule has 1 aliphatic heterocycles. The average Bonchev–Trinajstić information content (AvgIpc) is 3.12. The number of nitrogens with zero attached hydrogens (tertiary/aromatic N) is 2. The molecule has 0 saturated heterocycles. The summed E-state index contributed by atoms with van der Waals surface area (Å²) < 4.78 is 5.20. The van der Waals surface area contributed by atoms with Crippen LogP contribution in [0.5, 0.6) is 0 Å². The van der Waals surface area contributed by atoms with Gasteiger partial charge in [-0.1, -0.05) is 12.1 Å². The SMILES string of the molecule is COCCN1CCCc2ccc(CNC(=O)c3cn[nH]c3)cc21. The van der Waals surface area contributed by atoms with Crippen LogP contribution in [0, 0.1) is 0 Å². The van der Waals surface area contributed by atoms with Crippen molar-refractivity contribution in [2.24, 2.45) is 0 Å². The number of nitrogens with one attached hydrogen (secondary N) is 2. The van der Waals surface area contributed by atoms with E-state index in [9.17, 15) is 4.79 Å². The molecule has 6 heteroatoms. The lowest BCUT2D eigenvalue weighted by atomic mass is 9.99. The zero-order valence-electron chi connectivity index (χ0n) is 13.3. The zero-order chi connectivity index (χ0) is 16.1. The van der Waals surface area contributed by atoms with Gasteiger partial charge in [0.05, 0.1) is 18.4 Å². The van der Waals surface area contributed by atoms with E-state index in [1.165, 1.54) is 23.9 Å². The third-order valence-electron chi connectivity index (χ3n) is 4.14. The molecular formula is C17H22N4O2. The highest BCUT2D eigenvalue weighted by Gasteiger charge is 2.17.